The molecule has 2 aromatic heterocycles. The molecule has 112 valence electrons. The highest BCUT2D eigenvalue weighted by Crippen LogP contribution is 2.26. The minimum absolute atomic E-state index is 0.00496. The molecule has 2 aromatic rings. The smallest absolute Gasteiger partial charge is 0.253 e. The predicted octanol–water partition coefficient (Wildman–Crippen LogP) is 1.74. The molecule has 0 aromatic carbocycles. The summed E-state index contributed by atoms with van der Waals surface area (Å²) in [6.45, 7) is 3.37. The van der Waals surface area contributed by atoms with Crippen molar-refractivity contribution in [1.29, 1.82) is 0 Å². The van der Waals surface area contributed by atoms with Crippen molar-refractivity contribution in [3.63, 3.8) is 0 Å². The Labute approximate surface area is 130 Å². The zero-order valence-corrected chi connectivity index (χ0v) is 12.5. The number of nitrogens with one attached hydrogen (secondary N) is 1. The zero-order chi connectivity index (χ0) is 15.1. The van der Waals surface area contributed by atoms with E-state index in [0.717, 1.165) is 30.0 Å². The van der Waals surface area contributed by atoms with E-state index >= 15 is 0 Å². The van der Waals surface area contributed by atoms with E-state index in [1.54, 1.807) is 0 Å². The van der Waals surface area contributed by atoms with Gasteiger partial charge < -0.3 is 14.6 Å². The summed E-state index contributed by atoms with van der Waals surface area (Å²) >= 11 is 0. The highest BCUT2D eigenvalue weighted by Gasteiger charge is 2.32. The second-order valence-electron chi connectivity index (χ2n) is 6.40. The summed E-state index contributed by atoms with van der Waals surface area (Å²) in [6, 6.07) is 5.93. The number of hydrogen-bond acceptors (Lipinski definition) is 2. The van der Waals surface area contributed by atoms with Crippen molar-refractivity contribution in [3.8, 4) is 12.3 Å². The van der Waals surface area contributed by atoms with Gasteiger partial charge in [0.2, 0.25) is 0 Å². The Balaban J connectivity index is 1.52. The number of terminal acetylenes is 1. The second kappa shape index (κ2) is 5.19. The fraction of sp³-hybridized carbons (Fsp3) is 0.389. The van der Waals surface area contributed by atoms with Crippen LogP contribution in [0.2, 0.25) is 0 Å². The Morgan fingerprint density at radius 3 is 3.05 bits per heavy atom. The summed E-state index contributed by atoms with van der Waals surface area (Å²) in [6.07, 6.45) is 11.6. The van der Waals surface area contributed by atoms with Crippen LogP contribution in [0.4, 0.5) is 0 Å². The van der Waals surface area contributed by atoms with Crippen molar-refractivity contribution in [3.05, 3.63) is 41.7 Å². The first-order valence-corrected chi connectivity index (χ1v) is 7.83. The van der Waals surface area contributed by atoms with E-state index in [4.69, 9.17) is 6.42 Å². The molecule has 0 saturated carbocycles. The molecule has 2 saturated heterocycles. The molecule has 1 unspecified atom stereocenters. The van der Waals surface area contributed by atoms with Crippen LogP contribution in [-0.4, -0.2) is 40.9 Å². The predicted molar refractivity (Wildman–Crippen MR) is 85.8 cm³/mol. The van der Waals surface area contributed by atoms with Gasteiger partial charge in [0.1, 0.15) is 0 Å². The zero-order valence-electron chi connectivity index (χ0n) is 12.5. The Morgan fingerprint density at radius 1 is 1.32 bits per heavy atom. The third kappa shape index (κ3) is 2.28. The number of aromatic nitrogens is 1. The van der Waals surface area contributed by atoms with Crippen molar-refractivity contribution < 1.29 is 4.79 Å². The van der Waals surface area contributed by atoms with Crippen LogP contribution in [-0.2, 0) is 0 Å². The molecule has 4 heterocycles. The molecule has 1 amide bonds. The lowest BCUT2D eigenvalue weighted by atomic mass is 9.96. The molecule has 4 rings (SSSR count). The Hall–Kier alpha value is -2.25. The third-order valence-corrected chi connectivity index (χ3v) is 4.87. The van der Waals surface area contributed by atoms with Gasteiger partial charge in [-0.25, -0.2) is 0 Å². The summed E-state index contributed by atoms with van der Waals surface area (Å²) in [5.74, 6) is 3.41. The largest absolute Gasteiger partial charge is 0.348 e. The molecule has 22 heavy (non-hydrogen) atoms. The number of fused-ring (bicyclic) bond motifs is 3. The standard InChI is InChI=1S/C18H19N3O/c1-2-14-6-8-21-11-15(3-4-17(14)21)18(22)19-16-9-13-5-7-20(10-13)12-16/h1,3-4,6,8,11,13,16H,5,7,9-10,12H2,(H,19,22)/t13-,16-/m1/s1. The van der Waals surface area contributed by atoms with Crippen molar-refractivity contribution in [2.75, 3.05) is 19.6 Å². The van der Waals surface area contributed by atoms with Gasteiger partial charge in [0.05, 0.1) is 11.1 Å². The minimum atomic E-state index is 0.00496. The number of amides is 1. The van der Waals surface area contributed by atoms with Crippen LogP contribution < -0.4 is 5.32 Å². The molecule has 4 heteroatoms. The average Bonchev–Trinajstić information content (AvgIpc) is 3.09. The van der Waals surface area contributed by atoms with Gasteiger partial charge >= 0.3 is 0 Å². The summed E-state index contributed by atoms with van der Waals surface area (Å²) in [4.78, 5) is 14.9. The Morgan fingerprint density at radius 2 is 2.23 bits per heavy atom. The number of carbonyl (C=O) groups is 1. The van der Waals surface area contributed by atoms with Gasteiger partial charge in [-0.1, -0.05) is 5.92 Å². The molecule has 2 aliphatic rings. The van der Waals surface area contributed by atoms with Crippen molar-refractivity contribution >= 4 is 11.4 Å². The van der Waals surface area contributed by atoms with Crippen LogP contribution in [0.25, 0.3) is 5.52 Å². The summed E-state index contributed by atoms with van der Waals surface area (Å²) in [5, 5.41) is 3.19. The van der Waals surface area contributed by atoms with E-state index in [1.807, 2.05) is 35.0 Å². The highest BCUT2D eigenvalue weighted by molar-refractivity contribution is 5.94. The van der Waals surface area contributed by atoms with Gasteiger partial charge in [0.15, 0.2) is 0 Å². The number of hydrogen-bond donors (Lipinski definition) is 1. The maximum absolute atomic E-state index is 12.5. The lowest BCUT2D eigenvalue weighted by molar-refractivity contribution is 0.0909. The SMILES string of the molecule is C#Cc1ccn2cc(C(=O)N[C@@H]3C[C@H]4CCN(C4)C3)ccc12. The molecule has 2 aliphatic heterocycles. The Bertz CT molecular complexity index is 758. The van der Waals surface area contributed by atoms with E-state index in [0.29, 0.717) is 5.56 Å². The summed E-state index contributed by atoms with van der Waals surface area (Å²) in [7, 11) is 0. The van der Waals surface area contributed by atoms with Crippen molar-refractivity contribution in [2.24, 2.45) is 5.92 Å². The number of carbonyl (C=O) groups excluding carboxylic acids is 1. The number of nitrogens with zero attached hydrogens (tertiary/aromatic N) is 2. The molecule has 1 N–H and O–H groups in total. The van der Waals surface area contributed by atoms with Crippen molar-refractivity contribution in [1.82, 2.24) is 14.6 Å². The maximum Gasteiger partial charge on any atom is 0.253 e. The topological polar surface area (TPSA) is 36.8 Å². The molecule has 4 nitrogen and oxygen atoms in total. The number of pyridine rings is 1. The molecule has 2 fully saturated rings. The first-order chi connectivity index (χ1) is 10.7. The van der Waals surface area contributed by atoms with E-state index in [1.165, 1.54) is 19.5 Å². The van der Waals surface area contributed by atoms with E-state index in [-0.39, 0.29) is 11.9 Å². The van der Waals surface area contributed by atoms with Crippen LogP contribution in [0.15, 0.2) is 30.6 Å². The monoisotopic (exact) mass is 293 g/mol. The first kappa shape index (κ1) is 13.4. The first-order valence-electron chi connectivity index (χ1n) is 7.83. The number of rotatable bonds is 2. The maximum atomic E-state index is 12.5. The molecular weight excluding hydrogens is 274 g/mol. The van der Waals surface area contributed by atoms with Gasteiger partial charge in [-0.3, -0.25) is 4.79 Å². The molecule has 0 spiro atoms. The number of piperidine rings is 1. The van der Waals surface area contributed by atoms with Crippen LogP contribution in [0, 0.1) is 18.3 Å². The highest BCUT2D eigenvalue weighted by atomic mass is 16.1. The third-order valence-electron chi connectivity index (χ3n) is 4.87. The lowest BCUT2D eigenvalue weighted by Crippen LogP contribution is -2.47. The minimum Gasteiger partial charge on any atom is -0.348 e. The summed E-state index contributed by atoms with van der Waals surface area (Å²) in [5.41, 5.74) is 2.49. The fourth-order valence-corrected chi connectivity index (χ4v) is 3.80. The Kier molecular flexibility index (Phi) is 3.16. The summed E-state index contributed by atoms with van der Waals surface area (Å²) < 4.78 is 1.91. The molecule has 3 atom stereocenters. The lowest BCUT2D eigenvalue weighted by Gasteiger charge is -2.30. The quantitative estimate of drug-likeness (QED) is 0.856. The second-order valence-corrected chi connectivity index (χ2v) is 6.40. The van der Waals surface area contributed by atoms with Crippen LogP contribution in [0.3, 0.4) is 0 Å². The van der Waals surface area contributed by atoms with E-state index < -0.39 is 0 Å². The molecule has 2 bridgehead atoms. The van der Waals surface area contributed by atoms with Gasteiger partial charge in [-0.05, 0) is 43.5 Å². The van der Waals surface area contributed by atoms with Crippen molar-refractivity contribution in [2.45, 2.75) is 18.9 Å². The molecule has 0 aliphatic carbocycles. The average molecular weight is 293 g/mol. The van der Waals surface area contributed by atoms with Crippen LogP contribution in [0.5, 0.6) is 0 Å². The molecular formula is C18H19N3O. The van der Waals surface area contributed by atoms with Gasteiger partial charge in [-0.15, -0.1) is 6.42 Å². The fourth-order valence-electron chi connectivity index (χ4n) is 3.80. The van der Waals surface area contributed by atoms with Crippen LogP contribution in [0.1, 0.15) is 28.8 Å². The normalized spacial score (nSPS) is 26.8. The van der Waals surface area contributed by atoms with Gasteiger partial charge in [0, 0.05) is 37.1 Å². The van der Waals surface area contributed by atoms with Crippen LogP contribution >= 0.6 is 0 Å². The van der Waals surface area contributed by atoms with E-state index in [2.05, 4.69) is 16.1 Å². The molecule has 0 radical (unpaired) electrons. The van der Waals surface area contributed by atoms with Gasteiger partial charge in [0.25, 0.3) is 5.91 Å². The van der Waals surface area contributed by atoms with Gasteiger partial charge in [-0.2, -0.15) is 0 Å². The van der Waals surface area contributed by atoms with E-state index in [9.17, 15) is 4.79 Å².